The zero-order valence-corrected chi connectivity index (χ0v) is 19.9. The van der Waals surface area contributed by atoms with Gasteiger partial charge in [-0.1, -0.05) is 41.4 Å². The van der Waals surface area contributed by atoms with E-state index in [4.69, 9.17) is 27.9 Å². The summed E-state index contributed by atoms with van der Waals surface area (Å²) < 4.78 is 31.7. The molecule has 0 atom stereocenters. The van der Waals surface area contributed by atoms with Gasteiger partial charge in [0.2, 0.25) is 0 Å². The van der Waals surface area contributed by atoms with E-state index in [9.17, 15) is 18.0 Å². The lowest BCUT2D eigenvalue weighted by Gasteiger charge is -2.19. The number of halogens is 2. The fraction of sp³-hybridized carbons (Fsp3) is 0.136. The Bertz CT molecular complexity index is 1280. The first kappa shape index (κ1) is 24.5. The van der Waals surface area contributed by atoms with E-state index >= 15 is 0 Å². The molecular weight excluding hydrogens is 489 g/mol. The first-order chi connectivity index (χ1) is 15.6. The predicted molar refractivity (Wildman–Crippen MR) is 126 cm³/mol. The van der Waals surface area contributed by atoms with Gasteiger partial charge in [-0.2, -0.15) is 0 Å². The van der Waals surface area contributed by atoms with Crippen LogP contribution in [0.1, 0.15) is 15.9 Å². The van der Waals surface area contributed by atoms with Crippen LogP contribution in [0.5, 0.6) is 0 Å². The van der Waals surface area contributed by atoms with Crippen LogP contribution in [0.2, 0.25) is 10.0 Å². The van der Waals surface area contributed by atoms with Gasteiger partial charge in [-0.25, -0.2) is 18.2 Å². The Balaban J connectivity index is 1.62. The molecule has 0 spiro atoms. The molecule has 0 unspecified atom stereocenters. The number of aromatic nitrogens is 1. The van der Waals surface area contributed by atoms with E-state index < -0.39 is 28.5 Å². The Morgan fingerprint density at radius 3 is 2.33 bits per heavy atom. The molecule has 0 saturated heterocycles. The van der Waals surface area contributed by atoms with Gasteiger partial charge in [0.1, 0.15) is 0 Å². The molecule has 33 heavy (non-hydrogen) atoms. The molecule has 1 heterocycles. The third kappa shape index (κ3) is 5.62. The Kier molecular flexibility index (Phi) is 7.57. The van der Waals surface area contributed by atoms with Crippen LogP contribution in [0.25, 0.3) is 0 Å². The van der Waals surface area contributed by atoms with Crippen molar-refractivity contribution in [3.8, 4) is 0 Å². The van der Waals surface area contributed by atoms with E-state index in [0.717, 1.165) is 4.31 Å². The maximum Gasteiger partial charge on any atom is 0.338 e. The van der Waals surface area contributed by atoms with E-state index in [1.54, 1.807) is 37.3 Å². The van der Waals surface area contributed by atoms with Crippen molar-refractivity contribution in [2.24, 2.45) is 0 Å². The minimum absolute atomic E-state index is 0.00182. The number of nitrogens with zero attached hydrogens (tertiary/aromatic N) is 2. The summed E-state index contributed by atoms with van der Waals surface area (Å²) in [5.74, 6) is -1.35. The number of sulfonamides is 1. The van der Waals surface area contributed by atoms with Crippen molar-refractivity contribution in [2.75, 3.05) is 23.3 Å². The van der Waals surface area contributed by atoms with Gasteiger partial charge in [0.05, 0.1) is 26.2 Å². The topological polar surface area (TPSA) is 106 Å². The molecule has 3 rings (SSSR count). The molecule has 172 valence electrons. The Hall–Kier alpha value is -3.14. The SMILES string of the molecule is Cc1c(Cl)cnc(NC(=O)COC(=O)c2ccc(S(=O)(=O)N(C)c3ccccc3)cc2)c1Cl. The maximum atomic E-state index is 12.8. The van der Waals surface area contributed by atoms with Crippen LogP contribution in [0.4, 0.5) is 11.5 Å². The van der Waals surface area contributed by atoms with Gasteiger partial charge in [-0.05, 0) is 48.9 Å². The van der Waals surface area contributed by atoms with E-state index in [0.29, 0.717) is 16.3 Å². The van der Waals surface area contributed by atoms with Crippen LogP contribution >= 0.6 is 23.2 Å². The molecule has 1 amide bonds. The molecule has 0 bridgehead atoms. The molecule has 0 aliphatic heterocycles. The number of esters is 1. The largest absolute Gasteiger partial charge is 0.452 e. The number of rotatable bonds is 7. The molecule has 0 fully saturated rings. The fourth-order valence-corrected chi connectivity index (χ4v) is 4.31. The van der Waals surface area contributed by atoms with Crippen LogP contribution in [0.15, 0.2) is 65.7 Å². The highest BCUT2D eigenvalue weighted by molar-refractivity contribution is 7.92. The highest BCUT2D eigenvalue weighted by Crippen LogP contribution is 2.28. The lowest BCUT2D eigenvalue weighted by molar-refractivity contribution is -0.119. The second kappa shape index (κ2) is 10.2. The zero-order chi connectivity index (χ0) is 24.2. The highest BCUT2D eigenvalue weighted by atomic mass is 35.5. The summed E-state index contributed by atoms with van der Waals surface area (Å²) in [5, 5.41) is 2.97. The van der Waals surface area contributed by atoms with Crippen molar-refractivity contribution >= 4 is 56.6 Å². The van der Waals surface area contributed by atoms with Gasteiger partial charge in [-0.15, -0.1) is 0 Å². The minimum Gasteiger partial charge on any atom is -0.452 e. The number of hydrogen-bond acceptors (Lipinski definition) is 6. The number of pyridine rings is 1. The summed E-state index contributed by atoms with van der Waals surface area (Å²) in [5.41, 5.74) is 1.13. The number of para-hydroxylation sites is 1. The van der Waals surface area contributed by atoms with Crippen LogP contribution in [0.3, 0.4) is 0 Å². The van der Waals surface area contributed by atoms with E-state index in [1.165, 1.54) is 37.5 Å². The lowest BCUT2D eigenvalue weighted by Crippen LogP contribution is -2.26. The van der Waals surface area contributed by atoms with Gasteiger partial charge in [0.15, 0.2) is 12.4 Å². The molecule has 0 aliphatic rings. The monoisotopic (exact) mass is 507 g/mol. The Labute approximate surface area is 201 Å². The summed E-state index contributed by atoms with van der Waals surface area (Å²) in [4.78, 5) is 28.3. The first-order valence-corrected chi connectivity index (χ1v) is 11.7. The van der Waals surface area contributed by atoms with Gasteiger partial charge in [0, 0.05) is 13.2 Å². The number of benzene rings is 2. The molecule has 11 heteroatoms. The minimum atomic E-state index is -3.82. The third-order valence-electron chi connectivity index (χ3n) is 4.66. The fourth-order valence-electron chi connectivity index (χ4n) is 2.72. The smallest absolute Gasteiger partial charge is 0.338 e. The summed E-state index contributed by atoms with van der Waals surface area (Å²) in [6.07, 6.45) is 1.34. The van der Waals surface area contributed by atoms with Gasteiger partial charge in [0.25, 0.3) is 15.9 Å². The summed E-state index contributed by atoms with van der Waals surface area (Å²) in [7, 11) is -2.38. The van der Waals surface area contributed by atoms with Crippen LogP contribution in [-0.4, -0.2) is 38.9 Å². The number of hydrogen-bond donors (Lipinski definition) is 1. The van der Waals surface area contributed by atoms with Crippen molar-refractivity contribution in [2.45, 2.75) is 11.8 Å². The van der Waals surface area contributed by atoms with Crippen molar-refractivity contribution in [3.63, 3.8) is 0 Å². The molecule has 0 radical (unpaired) electrons. The molecule has 1 aromatic heterocycles. The molecule has 3 aromatic rings. The quantitative estimate of drug-likeness (QED) is 0.477. The molecule has 1 N–H and O–H groups in total. The van der Waals surface area contributed by atoms with Crippen molar-refractivity contribution in [1.29, 1.82) is 0 Å². The van der Waals surface area contributed by atoms with Gasteiger partial charge >= 0.3 is 5.97 Å². The molecule has 8 nitrogen and oxygen atoms in total. The summed E-state index contributed by atoms with van der Waals surface area (Å²) in [6.45, 7) is 1.08. The number of carbonyl (C=O) groups is 2. The standard InChI is InChI=1S/C22H19Cl2N3O5S/c1-14-18(23)12-25-21(20(14)24)26-19(28)13-32-22(29)15-8-10-17(11-9-15)33(30,31)27(2)16-6-4-3-5-7-16/h3-12H,13H2,1-2H3,(H,25,26,28). The second-order valence-electron chi connectivity index (χ2n) is 6.85. The molecule has 0 aliphatic carbocycles. The van der Waals surface area contributed by atoms with Crippen molar-refractivity contribution < 1.29 is 22.7 Å². The number of amides is 1. The molecule has 2 aromatic carbocycles. The van der Waals surface area contributed by atoms with E-state index in [1.807, 2.05) is 0 Å². The average molecular weight is 508 g/mol. The Morgan fingerprint density at radius 1 is 1.06 bits per heavy atom. The second-order valence-corrected chi connectivity index (χ2v) is 9.60. The van der Waals surface area contributed by atoms with Crippen LogP contribution in [-0.2, 0) is 19.6 Å². The predicted octanol–water partition coefficient (Wildman–Crippen LogP) is 4.32. The lowest BCUT2D eigenvalue weighted by atomic mass is 10.2. The number of anilines is 2. The van der Waals surface area contributed by atoms with Crippen LogP contribution in [0, 0.1) is 6.92 Å². The molecular formula is C22H19Cl2N3O5S. The molecule has 0 saturated carbocycles. The van der Waals surface area contributed by atoms with E-state index in [-0.39, 0.29) is 21.3 Å². The van der Waals surface area contributed by atoms with Gasteiger partial charge < -0.3 is 10.1 Å². The van der Waals surface area contributed by atoms with Crippen molar-refractivity contribution in [3.05, 3.63) is 82.0 Å². The summed E-state index contributed by atoms with van der Waals surface area (Å²) >= 11 is 12.0. The normalized spacial score (nSPS) is 11.0. The number of carbonyl (C=O) groups excluding carboxylic acids is 2. The summed E-state index contributed by atoms with van der Waals surface area (Å²) in [6, 6.07) is 13.8. The third-order valence-corrected chi connectivity index (χ3v) is 7.31. The van der Waals surface area contributed by atoms with Gasteiger partial charge in [-0.3, -0.25) is 9.10 Å². The van der Waals surface area contributed by atoms with E-state index in [2.05, 4.69) is 10.3 Å². The zero-order valence-electron chi connectivity index (χ0n) is 17.6. The highest BCUT2D eigenvalue weighted by Gasteiger charge is 2.22. The van der Waals surface area contributed by atoms with Crippen molar-refractivity contribution in [1.82, 2.24) is 4.98 Å². The average Bonchev–Trinajstić information content (AvgIpc) is 2.83. The maximum absolute atomic E-state index is 12.8. The number of nitrogens with one attached hydrogen (secondary N) is 1. The first-order valence-electron chi connectivity index (χ1n) is 9.53. The Morgan fingerprint density at radius 2 is 1.70 bits per heavy atom. The van der Waals surface area contributed by atoms with Crippen LogP contribution < -0.4 is 9.62 Å². The number of ether oxygens (including phenoxy) is 1.